The Morgan fingerprint density at radius 2 is 1.17 bits per heavy atom. The fraction of sp³-hybridized carbons (Fsp3) is 0.148. The van der Waals surface area contributed by atoms with Gasteiger partial charge in [0.25, 0.3) is 0 Å². The molecule has 70 heavy (non-hydrogen) atoms. The molecule has 0 saturated carbocycles. The van der Waals surface area contributed by atoms with Gasteiger partial charge in [-0.25, -0.2) is 4.98 Å². The number of unbranched alkanes of at least 4 members (excludes halogenated alkanes) is 1. The average Bonchev–Trinajstić information content (AvgIpc) is 4.06. The van der Waals surface area contributed by atoms with Gasteiger partial charge in [-0.05, 0) is 132 Å². The molecule has 0 N–H and O–H groups in total. The number of anilines is 2. The molecule has 0 atom stereocenters. The topological polar surface area (TPSA) is 90.8 Å². The van der Waals surface area contributed by atoms with E-state index < -0.39 is 0 Å². The SMILES string of the molecule is C=Nc1ccccc1N(Cc1ccc(-c2nc3ccccc3n2-c2cccc(OCCCCOc3cccc(-c4ccc(-c5nnc(-c6ccc(C(C)(C)C)cc6)o5)cc4)c3)c2)cc1)c1ccccc1. The fourth-order valence-electron chi connectivity index (χ4n) is 8.61. The van der Waals surface area contributed by atoms with E-state index in [1.54, 1.807) is 0 Å². The number of aliphatic imine (C=N–C) groups is 1. The molecule has 0 fully saturated rings. The molecule has 2 aromatic heterocycles. The standard InChI is InChI=1S/C61H54N6O3/c1-61(2,3)49-36-34-47(35-37-49)60-65-64-59(70-60)46-32-30-44(31-33-46)48-16-14-20-52(40-48)68-38-12-13-39-69-53-21-15-19-51(41-53)67-57-25-11-9-23-55(57)63-58(67)45-28-26-43(27-29-45)42-66(50-17-6-5-7-18-50)56-24-10-8-22-54(56)62-4/h5-11,14-37,40-41H,4,12-13,38-39,42H2,1-3H3. The maximum Gasteiger partial charge on any atom is 0.248 e. The largest absolute Gasteiger partial charge is 0.494 e. The molecule has 9 heteroatoms. The third-order valence-electron chi connectivity index (χ3n) is 12.4. The summed E-state index contributed by atoms with van der Waals surface area (Å²) >= 11 is 0. The van der Waals surface area contributed by atoms with Crippen molar-refractivity contribution in [2.45, 2.75) is 45.6 Å². The van der Waals surface area contributed by atoms with Crippen LogP contribution in [0.25, 0.3) is 62.1 Å². The molecule has 0 bridgehead atoms. The first-order valence-electron chi connectivity index (χ1n) is 23.7. The van der Waals surface area contributed by atoms with E-state index in [1.807, 2.05) is 78.9 Å². The zero-order chi connectivity index (χ0) is 47.9. The second kappa shape index (κ2) is 20.3. The molecule has 346 valence electrons. The quantitative estimate of drug-likeness (QED) is 0.0664. The minimum atomic E-state index is 0.0773. The number of hydrogen-bond acceptors (Lipinski definition) is 8. The second-order valence-electron chi connectivity index (χ2n) is 18.3. The summed E-state index contributed by atoms with van der Waals surface area (Å²) in [6.07, 6.45) is 1.69. The van der Waals surface area contributed by atoms with Crippen molar-refractivity contribution in [3.63, 3.8) is 0 Å². The summed E-state index contributed by atoms with van der Waals surface area (Å²) in [7, 11) is 0. The molecule has 2 heterocycles. The molecule has 0 radical (unpaired) electrons. The predicted molar refractivity (Wildman–Crippen MR) is 284 cm³/mol. The van der Waals surface area contributed by atoms with Crippen LogP contribution in [0.2, 0.25) is 0 Å². The van der Waals surface area contributed by atoms with Crippen LogP contribution in [0.4, 0.5) is 17.1 Å². The molecule has 9 nitrogen and oxygen atoms in total. The Morgan fingerprint density at radius 1 is 0.571 bits per heavy atom. The van der Waals surface area contributed by atoms with E-state index in [0.717, 1.165) is 97.3 Å². The summed E-state index contributed by atoms with van der Waals surface area (Å²) in [5.41, 5.74) is 13.3. The van der Waals surface area contributed by atoms with Crippen LogP contribution in [-0.2, 0) is 12.0 Å². The Labute approximate surface area is 409 Å². The summed E-state index contributed by atoms with van der Waals surface area (Å²) in [4.78, 5) is 11.7. The smallest absolute Gasteiger partial charge is 0.248 e. The van der Waals surface area contributed by atoms with Crippen LogP contribution in [0, 0.1) is 0 Å². The summed E-state index contributed by atoms with van der Waals surface area (Å²) in [5.74, 6) is 3.48. The molecule has 10 rings (SSSR count). The van der Waals surface area contributed by atoms with Gasteiger partial charge in [0.15, 0.2) is 0 Å². The molecular weight excluding hydrogens is 865 g/mol. The lowest BCUT2D eigenvalue weighted by Gasteiger charge is -2.26. The molecule has 0 aliphatic carbocycles. The molecule has 0 aliphatic rings. The van der Waals surface area contributed by atoms with Gasteiger partial charge in [0.1, 0.15) is 17.3 Å². The van der Waals surface area contributed by atoms with Gasteiger partial charge in [0.2, 0.25) is 11.8 Å². The number of benzene rings is 8. The Hall–Kier alpha value is -8.56. The molecule has 0 spiro atoms. The zero-order valence-electron chi connectivity index (χ0n) is 39.7. The number of hydrogen-bond donors (Lipinski definition) is 0. The predicted octanol–water partition coefficient (Wildman–Crippen LogP) is 15.3. The summed E-state index contributed by atoms with van der Waals surface area (Å²) in [5, 5.41) is 8.65. The highest BCUT2D eigenvalue weighted by atomic mass is 16.5. The van der Waals surface area contributed by atoms with Crippen LogP contribution in [0.5, 0.6) is 11.5 Å². The van der Waals surface area contributed by atoms with Crippen molar-refractivity contribution in [3.05, 3.63) is 211 Å². The van der Waals surface area contributed by atoms with E-state index in [2.05, 4.69) is 173 Å². The van der Waals surface area contributed by atoms with Crippen LogP contribution < -0.4 is 14.4 Å². The van der Waals surface area contributed by atoms with Crippen LogP contribution in [0.15, 0.2) is 210 Å². The van der Waals surface area contributed by atoms with Gasteiger partial charge in [0, 0.05) is 35.0 Å². The van der Waals surface area contributed by atoms with E-state index in [9.17, 15) is 0 Å². The average molecular weight is 919 g/mol. The van der Waals surface area contributed by atoms with Crippen LogP contribution >= 0.6 is 0 Å². The summed E-state index contributed by atoms with van der Waals surface area (Å²) < 4.78 is 20.8. The first-order chi connectivity index (χ1) is 34.3. The number of fused-ring (bicyclic) bond motifs is 1. The highest BCUT2D eigenvalue weighted by Crippen LogP contribution is 2.37. The molecule has 10 aromatic rings. The van der Waals surface area contributed by atoms with Crippen molar-refractivity contribution in [1.29, 1.82) is 0 Å². The third-order valence-corrected chi connectivity index (χ3v) is 12.4. The lowest BCUT2D eigenvalue weighted by atomic mass is 9.87. The van der Waals surface area contributed by atoms with Gasteiger partial charge >= 0.3 is 0 Å². The van der Waals surface area contributed by atoms with Gasteiger partial charge in [-0.2, -0.15) is 0 Å². The van der Waals surface area contributed by atoms with Gasteiger partial charge in [-0.3, -0.25) is 9.56 Å². The van der Waals surface area contributed by atoms with E-state index in [1.165, 1.54) is 5.56 Å². The van der Waals surface area contributed by atoms with Crippen LogP contribution in [-0.4, -0.2) is 39.7 Å². The van der Waals surface area contributed by atoms with E-state index in [4.69, 9.17) is 18.9 Å². The Balaban J connectivity index is 0.753. The summed E-state index contributed by atoms with van der Waals surface area (Å²) in [6, 6.07) is 68.4. The lowest BCUT2D eigenvalue weighted by Crippen LogP contribution is -2.16. The van der Waals surface area contributed by atoms with Crippen molar-refractivity contribution in [1.82, 2.24) is 19.7 Å². The number of imidazole rings is 1. The molecule has 8 aromatic carbocycles. The van der Waals surface area contributed by atoms with E-state index >= 15 is 0 Å². The van der Waals surface area contributed by atoms with E-state index in [-0.39, 0.29) is 5.41 Å². The van der Waals surface area contributed by atoms with Gasteiger partial charge < -0.3 is 18.8 Å². The second-order valence-corrected chi connectivity index (χ2v) is 18.3. The van der Waals surface area contributed by atoms with Crippen molar-refractivity contribution < 1.29 is 13.9 Å². The number of rotatable bonds is 17. The number of aromatic nitrogens is 4. The lowest BCUT2D eigenvalue weighted by molar-refractivity contribution is 0.266. The zero-order valence-corrected chi connectivity index (χ0v) is 39.7. The summed E-state index contributed by atoms with van der Waals surface area (Å²) in [6.45, 7) is 12.2. The van der Waals surface area contributed by atoms with Crippen molar-refractivity contribution >= 4 is 34.8 Å². The van der Waals surface area contributed by atoms with E-state index in [0.29, 0.717) is 31.5 Å². The molecule has 0 saturated heterocycles. The maximum absolute atomic E-state index is 6.33. The van der Waals surface area contributed by atoms with Crippen molar-refractivity contribution in [2.24, 2.45) is 4.99 Å². The van der Waals surface area contributed by atoms with Crippen molar-refractivity contribution in [3.8, 4) is 62.6 Å². The maximum atomic E-state index is 6.33. The first kappa shape index (κ1) is 45.2. The van der Waals surface area contributed by atoms with Crippen LogP contribution in [0.3, 0.4) is 0 Å². The molecular formula is C61H54N6O3. The minimum Gasteiger partial charge on any atom is -0.494 e. The highest BCUT2D eigenvalue weighted by molar-refractivity contribution is 5.83. The fourth-order valence-corrected chi connectivity index (χ4v) is 8.61. The van der Waals surface area contributed by atoms with Gasteiger partial charge in [-0.1, -0.05) is 130 Å². The molecule has 0 unspecified atom stereocenters. The molecule has 0 amide bonds. The van der Waals surface area contributed by atoms with Crippen molar-refractivity contribution in [2.75, 3.05) is 18.1 Å². The minimum absolute atomic E-state index is 0.0773. The van der Waals surface area contributed by atoms with Gasteiger partial charge in [-0.15, -0.1) is 10.2 Å². The molecule has 0 aliphatic heterocycles. The number of nitrogens with zero attached hydrogens (tertiary/aromatic N) is 6. The Kier molecular flexibility index (Phi) is 13.1. The number of para-hydroxylation sites is 5. The normalized spacial score (nSPS) is 11.4. The van der Waals surface area contributed by atoms with Gasteiger partial charge in [0.05, 0.1) is 41.3 Å². The first-order valence-corrected chi connectivity index (χ1v) is 23.7. The Morgan fingerprint density at radius 3 is 1.87 bits per heavy atom. The highest BCUT2D eigenvalue weighted by Gasteiger charge is 2.19. The Bertz CT molecular complexity index is 3350. The number of ether oxygens (including phenoxy) is 2. The van der Waals surface area contributed by atoms with Crippen LogP contribution in [0.1, 0.15) is 44.7 Å². The monoisotopic (exact) mass is 918 g/mol. The third kappa shape index (κ3) is 10.1.